The van der Waals surface area contributed by atoms with Crippen molar-refractivity contribution in [2.45, 2.75) is 19.5 Å². The van der Waals surface area contributed by atoms with Crippen molar-refractivity contribution in [1.82, 2.24) is 9.88 Å². The zero-order chi connectivity index (χ0) is 22.7. The fraction of sp³-hybridized carbons (Fsp3) is 0.208. The number of aromatic nitrogens is 1. The van der Waals surface area contributed by atoms with Crippen LogP contribution in [0.1, 0.15) is 43.6 Å². The molecule has 0 unspecified atom stereocenters. The Hall–Kier alpha value is -3.07. The molecule has 0 fully saturated rings. The zero-order valence-corrected chi connectivity index (χ0v) is 19.6. The van der Waals surface area contributed by atoms with E-state index < -0.39 is 5.97 Å². The highest BCUT2D eigenvalue weighted by Gasteiger charge is 2.23. The molecule has 164 valence electrons. The van der Waals surface area contributed by atoms with E-state index in [1.165, 1.54) is 23.3 Å². The zero-order valence-electron chi connectivity index (χ0n) is 18.0. The number of hydrogen-bond donors (Lipinski definition) is 1. The van der Waals surface area contributed by atoms with E-state index in [0.29, 0.717) is 27.5 Å². The number of carbonyl (C=O) groups excluding carboxylic acids is 2. The van der Waals surface area contributed by atoms with Gasteiger partial charge in [0, 0.05) is 28.4 Å². The largest absolute Gasteiger partial charge is 0.465 e. The summed E-state index contributed by atoms with van der Waals surface area (Å²) in [5.41, 5.74) is 1.84. The summed E-state index contributed by atoms with van der Waals surface area (Å²) >= 11 is 2.96. The van der Waals surface area contributed by atoms with E-state index in [-0.39, 0.29) is 11.9 Å². The quantitative estimate of drug-likeness (QED) is 0.360. The number of anilines is 1. The first-order valence-electron chi connectivity index (χ1n) is 10.1. The highest BCUT2D eigenvalue weighted by Crippen LogP contribution is 2.36. The van der Waals surface area contributed by atoms with Gasteiger partial charge in [-0.1, -0.05) is 24.3 Å². The van der Waals surface area contributed by atoms with Crippen LogP contribution in [0, 0.1) is 0 Å². The maximum absolute atomic E-state index is 12.7. The molecule has 3 heterocycles. The van der Waals surface area contributed by atoms with Crippen LogP contribution in [-0.2, 0) is 11.3 Å². The summed E-state index contributed by atoms with van der Waals surface area (Å²) in [6.07, 6.45) is 0. The molecule has 3 aromatic heterocycles. The molecule has 0 spiro atoms. The number of amides is 1. The van der Waals surface area contributed by atoms with E-state index in [0.717, 1.165) is 11.1 Å². The lowest BCUT2D eigenvalue weighted by atomic mass is 10.2. The number of benzene rings is 1. The lowest BCUT2D eigenvalue weighted by Crippen LogP contribution is -2.21. The van der Waals surface area contributed by atoms with Gasteiger partial charge in [-0.15, -0.1) is 22.7 Å². The average Bonchev–Trinajstić information content (AvgIpc) is 3.47. The molecule has 4 rings (SSSR count). The molecule has 6 nitrogen and oxygen atoms in total. The standard InChI is InChI=1S/C24H23N3O3S2/c1-15(19-10-7-13-31-19)27(2)14-17-11-12-18-20(21(24(29)30-3)32-23(18)25-17)26-22(28)16-8-5-4-6-9-16/h4-13,15H,14H2,1-3H3,(H,26,28)/t15-/m0/s1. The molecule has 1 aromatic carbocycles. The van der Waals surface area contributed by atoms with Crippen LogP contribution < -0.4 is 5.32 Å². The number of pyridine rings is 1. The highest BCUT2D eigenvalue weighted by molar-refractivity contribution is 7.21. The Morgan fingerprint density at radius 2 is 1.91 bits per heavy atom. The average molecular weight is 466 g/mol. The van der Waals surface area contributed by atoms with Gasteiger partial charge in [-0.2, -0.15) is 0 Å². The molecule has 0 aliphatic carbocycles. The van der Waals surface area contributed by atoms with Crippen molar-refractivity contribution >= 4 is 50.5 Å². The topological polar surface area (TPSA) is 71.5 Å². The second-order valence-corrected chi connectivity index (χ2v) is 9.36. The molecular formula is C24H23N3O3S2. The van der Waals surface area contributed by atoms with E-state index in [4.69, 9.17) is 9.72 Å². The maximum atomic E-state index is 12.7. The molecule has 0 bridgehead atoms. The number of hydrogen-bond acceptors (Lipinski definition) is 7. The van der Waals surface area contributed by atoms with Gasteiger partial charge in [0.05, 0.1) is 18.5 Å². The van der Waals surface area contributed by atoms with Crippen molar-refractivity contribution in [3.63, 3.8) is 0 Å². The first kappa shape index (κ1) is 22.1. The van der Waals surface area contributed by atoms with E-state index in [1.807, 2.05) is 18.2 Å². The number of carbonyl (C=O) groups is 2. The van der Waals surface area contributed by atoms with Crippen molar-refractivity contribution < 1.29 is 14.3 Å². The van der Waals surface area contributed by atoms with Crippen LogP contribution in [0.25, 0.3) is 10.2 Å². The Bertz CT molecular complexity index is 1240. The first-order valence-corrected chi connectivity index (χ1v) is 11.8. The second kappa shape index (κ2) is 9.60. The molecule has 1 amide bonds. The van der Waals surface area contributed by atoms with Crippen LogP contribution in [0.2, 0.25) is 0 Å². The maximum Gasteiger partial charge on any atom is 0.350 e. The predicted octanol–water partition coefficient (Wildman–Crippen LogP) is 5.59. The van der Waals surface area contributed by atoms with E-state index in [9.17, 15) is 9.59 Å². The minimum absolute atomic E-state index is 0.266. The monoisotopic (exact) mass is 465 g/mol. The van der Waals surface area contributed by atoms with Gasteiger partial charge < -0.3 is 10.1 Å². The number of nitrogens with one attached hydrogen (secondary N) is 1. The minimum atomic E-state index is -0.499. The third-order valence-electron chi connectivity index (χ3n) is 5.29. The van der Waals surface area contributed by atoms with Gasteiger partial charge in [-0.25, -0.2) is 9.78 Å². The molecule has 4 aromatic rings. The molecular weight excluding hydrogens is 442 g/mol. The summed E-state index contributed by atoms with van der Waals surface area (Å²) in [7, 11) is 3.39. The molecule has 1 N–H and O–H groups in total. The minimum Gasteiger partial charge on any atom is -0.465 e. The van der Waals surface area contributed by atoms with E-state index in [2.05, 4.69) is 41.7 Å². The second-order valence-electron chi connectivity index (χ2n) is 7.38. The SMILES string of the molecule is COC(=O)c1sc2nc(CN(C)[C@@H](C)c3cccs3)ccc2c1NC(=O)c1ccccc1. The van der Waals surface area contributed by atoms with Gasteiger partial charge in [0.1, 0.15) is 9.71 Å². The van der Waals surface area contributed by atoms with Crippen molar-refractivity contribution in [2.75, 3.05) is 19.5 Å². The summed E-state index contributed by atoms with van der Waals surface area (Å²) in [6.45, 7) is 2.83. The number of rotatable bonds is 7. The van der Waals surface area contributed by atoms with Crippen molar-refractivity contribution in [1.29, 1.82) is 0 Å². The van der Waals surface area contributed by atoms with Gasteiger partial charge >= 0.3 is 5.97 Å². The molecule has 8 heteroatoms. The van der Waals surface area contributed by atoms with Gasteiger partial charge in [-0.3, -0.25) is 9.69 Å². The van der Waals surface area contributed by atoms with Gasteiger partial charge in [0.2, 0.25) is 0 Å². The Morgan fingerprint density at radius 3 is 2.59 bits per heavy atom. The van der Waals surface area contributed by atoms with E-state index in [1.54, 1.807) is 35.6 Å². The summed E-state index contributed by atoms with van der Waals surface area (Å²) in [5, 5.41) is 5.68. The summed E-state index contributed by atoms with van der Waals surface area (Å²) in [5.74, 6) is -0.787. The van der Waals surface area contributed by atoms with Crippen LogP contribution in [0.15, 0.2) is 60.0 Å². The Balaban J connectivity index is 1.63. The van der Waals surface area contributed by atoms with Gasteiger partial charge in [-0.05, 0) is 49.7 Å². The molecule has 0 aliphatic heterocycles. The van der Waals surface area contributed by atoms with Crippen molar-refractivity contribution in [3.8, 4) is 0 Å². The summed E-state index contributed by atoms with van der Waals surface area (Å²) in [4.78, 5) is 34.5. The fourth-order valence-electron chi connectivity index (χ4n) is 3.38. The number of thiophene rings is 2. The van der Waals surface area contributed by atoms with Crippen LogP contribution in [0.3, 0.4) is 0 Å². The Labute approximate surface area is 194 Å². The van der Waals surface area contributed by atoms with Gasteiger partial charge in [0.25, 0.3) is 5.91 Å². The first-order chi connectivity index (χ1) is 15.5. The highest BCUT2D eigenvalue weighted by atomic mass is 32.1. The molecule has 0 aliphatic rings. The molecule has 0 radical (unpaired) electrons. The number of ether oxygens (including phenoxy) is 1. The van der Waals surface area contributed by atoms with Crippen LogP contribution in [-0.4, -0.2) is 35.9 Å². The molecule has 32 heavy (non-hydrogen) atoms. The van der Waals surface area contributed by atoms with Crippen molar-refractivity contribution in [2.24, 2.45) is 0 Å². The third kappa shape index (κ3) is 4.57. The predicted molar refractivity (Wildman–Crippen MR) is 130 cm³/mol. The smallest absolute Gasteiger partial charge is 0.350 e. The third-order valence-corrected chi connectivity index (χ3v) is 7.41. The number of methoxy groups -OCH3 is 1. The lowest BCUT2D eigenvalue weighted by Gasteiger charge is -2.23. The molecule has 0 saturated heterocycles. The Kier molecular flexibility index (Phi) is 6.64. The van der Waals surface area contributed by atoms with Crippen LogP contribution in [0.5, 0.6) is 0 Å². The number of esters is 1. The van der Waals surface area contributed by atoms with E-state index >= 15 is 0 Å². The fourth-order valence-corrected chi connectivity index (χ4v) is 5.29. The summed E-state index contributed by atoms with van der Waals surface area (Å²) < 4.78 is 4.95. The van der Waals surface area contributed by atoms with Crippen LogP contribution in [0.4, 0.5) is 5.69 Å². The number of nitrogens with zero attached hydrogens (tertiary/aromatic N) is 2. The summed E-state index contributed by atoms with van der Waals surface area (Å²) in [6, 6.07) is 17.2. The van der Waals surface area contributed by atoms with Crippen LogP contribution >= 0.6 is 22.7 Å². The molecule has 1 atom stereocenters. The van der Waals surface area contributed by atoms with Gasteiger partial charge in [0.15, 0.2) is 0 Å². The number of fused-ring (bicyclic) bond motifs is 1. The normalized spacial score (nSPS) is 12.1. The Morgan fingerprint density at radius 1 is 1.12 bits per heavy atom. The van der Waals surface area contributed by atoms with Crippen molar-refractivity contribution in [3.05, 3.63) is 81.0 Å². The molecule has 0 saturated carbocycles. The lowest BCUT2D eigenvalue weighted by molar-refractivity contribution is 0.0607.